The number of carbonyl (C=O) groups is 1. The SMILES string of the molecule is NN(C(=O)c1ccccc1)c1ccccc1OCCCCOc1ccccc1. The van der Waals surface area contributed by atoms with E-state index in [0.717, 1.165) is 23.6 Å². The van der Waals surface area contributed by atoms with Gasteiger partial charge in [0.1, 0.15) is 17.2 Å². The van der Waals surface area contributed by atoms with Crippen LogP contribution in [0.15, 0.2) is 84.9 Å². The van der Waals surface area contributed by atoms with Crippen LogP contribution in [0.1, 0.15) is 23.2 Å². The quantitative estimate of drug-likeness (QED) is 0.259. The molecule has 0 aliphatic carbocycles. The molecule has 3 rings (SSSR count). The monoisotopic (exact) mass is 376 g/mol. The molecule has 5 nitrogen and oxygen atoms in total. The van der Waals surface area contributed by atoms with E-state index in [1.165, 1.54) is 0 Å². The lowest BCUT2D eigenvalue weighted by molar-refractivity contribution is 0.0986. The Morgan fingerprint density at radius 2 is 1.32 bits per heavy atom. The molecule has 0 atom stereocenters. The highest BCUT2D eigenvalue weighted by atomic mass is 16.5. The first-order valence-corrected chi connectivity index (χ1v) is 9.29. The maximum Gasteiger partial charge on any atom is 0.272 e. The summed E-state index contributed by atoms with van der Waals surface area (Å²) in [7, 11) is 0. The Balaban J connectivity index is 1.50. The van der Waals surface area contributed by atoms with Gasteiger partial charge in [0.2, 0.25) is 0 Å². The maximum absolute atomic E-state index is 12.6. The topological polar surface area (TPSA) is 64.8 Å². The van der Waals surface area contributed by atoms with Crippen LogP contribution in [0, 0.1) is 0 Å². The molecule has 2 N–H and O–H groups in total. The second kappa shape index (κ2) is 10.1. The van der Waals surface area contributed by atoms with Gasteiger partial charge in [0.05, 0.1) is 13.2 Å². The van der Waals surface area contributed by atoms with Crippen LogP contribution >= 0.6 is 0 Å². The van der Waals surface area contributed by atoms with Crippen molar-refractivity contribution in [1.29, 1.82) is 0 Å². The van der Waals surface area contributed by atoms with E-state index in [4.69, 9.17) is 15.3 Å². The normalized spacial score (nSPS) is 10.3. The number of nitrogens with two attached hydrogens (primary N) is 1. The number of para-hydroxylation sites is 3. The van der Waals surface area contributed by atoms with Gasteiger partial charge in [-0.25, -0.2) is 10.9 Å². The summed E-state index contributed by atoms with van der Waals surface area (Å²) in [5.74, 6) is 7.24. The summed E-state index contributed by atoms with van der Waals surface area (Å²) in [6.07, 6.45) is 1.70. The minimum Gasteiger partial charge on any atom is -0.494 e. The van der Waals surface area contributed by atoms with E-state index in [2.05, 4.69) is 0 Å². The van der Waals surface area contributed by atoms with Crippen molar-refractivity contribution in [2.24, 2.45) is 5.84 Å². The first-order valence-electron chi connectivity index (χ1n) is 9.29. The summed E-state index contributed by atoms with van der Waals surface area (Å²) in [5, 5.41) is 1.13. The number of unbranched alkanes of at least 4 members (excludes halogenated alkanes) is 1. The summed E-state index contributed by atoms with van der Waals surface area (Å²) >= 11 is 0. The molecule has 0 radical (unpaired) electrons. The van der Waals surface area contributed by atoms with Crippen LogP contribution in [0.4, 0.5) is 5.69 Å². The number of rotatable bonds is 9. The Kier molecular flexibility index (Phi) is 7.04. The van der Waals surface area contributed by atoms with Gasteiger partial charge in [-0.15, -0.1) is 0 Å². The van der Waals surface area contributed by atoms with Gasteiger partial charge in [0.25, 0.3) is 5.91 Å². The second-order valence-corrected chi connectivity index (χ2v) is 6.23. The zero-order valence-electron chi connectivity index (χ0n) is 15.7. The number of hydrazine groups is 1. The lowest BCUT2D eigenvalue weighted by Gasteiger charge is -2.20. The van der Waals surface area contributed by atoms with Crippen molar-refractivity contribution >= 4 is 11.6 Å². The molecule has 0 heterocycles. The Morgan fingerprint density at radius 3 is 2.04 bits per heavy atom. The van der Waals surface area contributed by atoms with Gasteiger partial charge in [0.15, 0.2) is 0 Å². The van der Waals surface area contributed by atoms with Crippen molar-refractivity contribution in [3.05, 3.63) is 90.5 Å². The number of nitrogens with zero attached hydrogens (tertiary/aromatic N) is 1. The minimum absolute atomic E-state index is 0.284. The molecule has 1 amide bonds. The van der Waals surface area contributed by atoms with Crippen molar-refractivity contribution in [2.45, 2.75) is 12.8 Å². The lowest BCUT2D eigenvalue weighted by atomic mass is 10.2. The Bertz CT molecular complexity index is 869. The number of ether oxygens (including phenoxy) is 2. The van der Waals surface area contributed by atoms with Crippen molar-refractivity contribution in [3.63, 3.8) is 0 Å². The van der Waals surface area contributed by atoms with E-state index in [9.17, 15) is 4.79 Å². The second-order valence-electron chi connectivity index (χ2n) is 6.23. The summed E-state index contributed by atoms with van der Waals surface area (Å²) in [4.78, 5) is 12.6. The molecule has 28 heavy (non-hydrogen) atoms. The zero-order valence-corrected chi connectivity index (χ0v) is 15.7. The highest BCUT2D eigenvalue weighted by molar-refractivity contribution is 6.05. The molecule has 0 aromatic heterocycles. The number of benzene rings is 3. The predicted octanol–water partition coefficient (Wildman–Crippen LogP) is 4.45. The predicted molar refractivity (Wildman–Crippen MR) is 111 cm³/mol. The average Bonchev–Trinajstić information content (AvgIpc) is 2.76. The molecule has 0 unspecified atom stereocenters. The van der Waals surface area contributed by atoms with Crippen molar-refractivity contribution in [2.75, 3.05) is 18.2 Å². The number of carbonyl (C=O) groups excluding carboxylic acids is 1. The molecule has 3 aromatic rings. The highest BCUT2D eigenvalue weighted by Gasteiger charge is 2.17. The summed E-state index contributed by atoms with van der Waals surface area (Å²) < 4.78 is 11.5. The van der Waals surface area contributed by atoms with Gasteiger partial charge in [0, 0.05) is 5.56 Å². The molecule has 3 aromatic carbocycles. The number of amides is 1. The van der Waals surface area contributed by atoms with E-state index in [1.54, 1.807) is 30.3 Å². The van der Waals surface area contributed by atoms with Gasteiger partial charge in [-0.1, -0.05) is 48.5 Å². The third-order valence-electron chi connectivity index (χ3n) is 4.17. The first-order chi connectivity index (χ1) is 13.8. The summed E-state index contributed by atoms with van der Waals surface area (Å²) in [5.41, 5.74) is 1.06. The van der Waals surface area contributed by atoms with Crippen LogP contribution in [-0.4, -0.2) is 19.1 Å². The fourth-order valence-electron chi connectivity index (χ4n) is 2.70. The molecule has 5 heteroatoms. The Hall–Kier alpha value is -3.31. The number of hydrogen-bond acceptors (Lipinski definition) is 4. The van der Waals surface area contributed by atoms with Crippen LogP contribution in [0.3, 0.4) is 0 Å². The molecule has 0 fully saturated rings. The van der Waals surface area contributed by atoms with E-state index in [-0.39, 0.29) is 5.91 Å². The van der Waals surface area contributed by atoms with Gasteiger partial charge in [-0.3, -0.25) is 4.79 Å². The third kappa shape index (κ3) is 5.34. The fraction of sp³-hybridized carbons (Fsp3) is 0.174. The van der Waals surface area contributed by atoms with Crippen LogP contribution < -0.4 is 20.3 Å². The molecule has 0 spiro atoms. The van der Waals surface area contributed by atoms with Gasteiger partial charge in [-0.2, -0.15) is 0 Å². The standard InChI is InChI=1S/C23H24N2O3/c24-25(23(26)19-11-3-1-4-12-19)21-15-7-8-16-22(21)28-18-10-9-17-27-20-13-5-2-6-14-20/h1-8,11-16H,9-10,17-18,24H2. The molecule has 144 valence electrons. The summed E-state index contributed by atoms with van der Waals surface area (Å²) in [6.45, 7) is 1.15. The molecular weight excluding hydrogens is 352 g/mol. The van der Waals surface area contributed by atoms with E-state index >= 15 is 0 Å². The molecule has 0 aliphatic heterocycles. The van der Waals surface area contributed by atoms with Gasteiger partial charge >= 0.3 is 0 Å². The molecule has 0 bridgehead atoms. The third-order valence-corrected chi connectivity index (χ3v) is 4.17. The number of anilines is 1. The maximum atomic E-state index is 12.6. The van der Waals surface area contributed by atoms with Crippen molar-refractivity contribution in [3.8, 4) is 11.5 Å². The molecule has 0 saturated heterocycles. The van der Waals surface area contributed by atoms with Crippen LogP contribution in [0.25, 0.3) is 0 Å². The zero-order chi connectivity index (χ0) is 19.6. The van der Waals surface area contributed by atoms with E-state index in [0.29, 0.717) is 30.2 Å². The highest BCUT2D eigenvalue weighted by Crippen LogP contribution is 2.27. The average molecular weight is 376 g/mol. The van der Waals surface area contributed by atoms with Crippen LogP contribution in [0.2, 0.25) is 0 Å². The van der Waals surface area contributed by atoms with Crippen LogP contribution in [-0.2, 0) is 0 Å². The van der Waals surface area contributed by atoms with Crippen molar-refractivity contribution in [1.82, 2.24) is 0 Å². The smallest absolute Gasteiger partial charge is 0.272 e. The first kappa shape index (κ1) is 19.5. The molecule has 0 saturated carbocycles. The lowest BCUT2D eigenvalue weighted by Crippen LogP contribution is -2.37. The Labute approximate surface area is 165 Å². The van der Waals surface area contributed by atoms with Gasteiger partial charge in [-0.05, 0) is 49.2 Å². The van der Waals surface area contributed by atoms with Crippen molar-refractivity contribution < 1.29 is 14.3 Å². The fourth-order valence-corrected chi connectivity index (χ4v) is 2.70. The van der Waals surface area contributed by atoms with Crippen LogP contribution in [0.5, 0.6) is 11.5 Å². The molecular formula is C23H24N2O3. The minimum atomic E-state index is -0.284. The van der Waals surface area contributed by atoms with E-state index in [1.807, 2.05) is 54.6 Å². The largest absolute Gasteiger partial charge is 0.494 e. The molecule has 0 aliphatic rings. The number of hydrogen-bond donors (Lipinski definition) is 1. The van der Waals surface area contributed by atoms with E-state index < -0.39 is 0 Å². The summed E-state index contributed by atoms with van der Waals surface area (Å²) in [6, 6.07) is 25.9. The Morgan fingerprint density at radius 1 is 0.750 bits per heavy atom. The van der Waals surface area contributed by atoms with Gasteiger partial charge < -0.3 is 9.47 Å².